The van der Waals surface area contributed by atoms with Gasteiger partial charge in [0.15, 0.2) is 5.82 Å². The third kappa shape index (κ3) is 10.4. The molecule has 6 rings (SSSR count). The number of H-pyrrole nitrogens is 1. The van der Waals surface area contributed by atoms with Gasteiger partial charge in [-0.3, -0.25) is 24.3 Å². The van der Waals surface area contributed by atoms with Gasteiger partial charge in [0.2, 0.25) is 23.5 Å². The number of rotatable bonds is 16. The molecule has 1 aliphatic heterocycles. The summed E-state index contributed by atoms with van der Waals surface area (Å²) < 4.78 is 56.0. The van der Waals surface area contributed by atoms with Crippen LogP contribution in [0.5, 0.6) is 0 Å². The molecule has 1 aliphatic carbocycles. The molecule has 0 bridgehead atoms. The Labute approximate surface area is 367 Å². The van der Waals surface area contributed by atoms with Gasteiger partial charge in [0.1, 0.15) is 6.04 Å². The Morgan fingerprint density at radius 1 is 0.938 bits per heavy atom. The summed E-state index contributed by atoms with van der Waals surface area (Å²) >= 11 is 0. The highest BCUT2D eigenvalue weighted by molar-refractivity contribution is 5.99. The first-order valence-corrected chi connectivity index (χ1v) is 21.1. The maximum Gasteiger partial charge on any atom is 0.411 e. The van der Waals surface area contributed by atoms with Crippen molar-refractivity contribution in [3.63, 3.8) is 0 Å². The van der Waals surface area contributed by atoms with Crippen LogP contribution in [-0.4, -0.2) is 118 Å². The topological polar surface area (TPSA) is 216 Å². The van der Waals surface area contributed by atoms with E-state index in [1.54, 1.807) is 22.1 Å². The molecule has 4 amide bonds. The first kappa shape index (κ1) is 47.3. The molecule has 7 N–H and O–H groups in total. The molecule has 3 aromatic carbocycles. The first-order chi connectivity index (χ1) is 30.3. The zero-order valence-electron chi connectivity index (χ0n) is 35.9. The summed E-state index contributed by atoms with van der Waals surface area (Å²) in [6, 6.07) is 17.6. The number of nitrogens with zero attached hydrogens (tertiary/aromatic N) is 4. The molecular weight excluding hydrogens is 839 g/mol. The van der Waals surface area contributed by atoms with E-state index in [9.17, 15) is 41.5 Å². The van der Waals surface area contributed by atoms with Gasteiger partial charge in [0.25, 0.3) is 5.91 Å². The second-order valence-corrected chi connectivity index (χ2v) is 16.8. The number of alkyl halides is 4. The van der Waals surface area contributed by atoms with Crippen LogP contribution in [0.3, 0.4) is 0 Å². The van der Waals surface area contributed by atoms with Crippen LogP contribution in [-0.2, 0) is 31.5 Å². The van der Waals surface area contributed by atoms with Crippen molar-refractivity contribution in [2.24, 2.45) is 11.1 Å². The number of halogens is 4. The Morgan fingerprint density at radius 2 is 1.58 bits per heavy atom. The number of carbonyl (C=O) groups is 5. The number of hydrogen-bond acceptors (Lipinski definition) is 9. The highest BCUT2D eigenvalue weighted by Gasteiger charge is 2.65. The summed E-state index contributed by atoms with van der Waals surface area (Å²) in [5, 5.41) is 22.3. The molecular formula is C45H53F4N9O6. The number of aliphatic carboxylic acids is 1. The van der Waals surface area contributed by atoms with Crippen LogP contribution >= 0.6 is 0 Å². The van der Waals surface area contributed by atoms with E-state index in [1.165, 1.54) is 24.3 Å². The normalized spacial score (nSPS) is 16.2. The van der Waals surface area contributed by atoms with Gasteiger partial charge in [-0.15, -0.1) is 0 Å². The summed E-state index contributed by atoms with van der Waals surface area (Å²) in [5.41, 5.74) is 9.33. The molecule has 0 radical (unpaired) electrons. The van der Waals surface area contributed by atoms with E-state index in [4.69, 9.17) is 10.8 Å². The second kappa shape index (κ2) is 19.7. The molecule has 2 aliphatic rings. The minimum absolute atomic E-state index is 0.0883. The van der Waals surface area contributed by atoms with Crippen molar-refractivity contribution in [3.8, 4) is 22.5 Å². The van der Waals surface area contributed by atoms with Crippen LogP contribution in [0.15, 0.2) is 66.7 Å². The number of nitrogens with one attached hydrogen (secondary N) is 4. The van der Waals surface area contributed by atoms with Crippen molar-refractivity contribution in [1.29, 1.82) is 0 Å². The smallest absolute Gasteiger partial charge is 0.411 e. The minimum Gasteiger partial charge on any atom is -0.477 e. The van der Waals surface area contributed by atoms with Crippen LogP contribution in [0.4, 0.5) is 23.2 Å². The van der Waals surface area contributed by atoms with Crippen LogP contribution in [0.1, 0.15) is 72.3 Å². The fourth-order valence-corrected chi connectivity index (χ4v) is 8.21. The third-order valence-electron chi connectivity index (χ3n) is 12.3. The molecule has 342 valence electrons. The van der Waals surface area contributed by atoms with Gasteiger partial charge < -0.3 is 36.6 Å². The number of aromatic nitrogens is 3. The Morgan fingerprint density at radius 3 is 2.17 bits per heavy atom. The summed E-state index contributed by atoms with van der Waals surface area (Å²) in [5.74, 6) is -17.1. The molecule has 1 saturated heterocycles. The lowest BCUT2D eigenvalue weighted by Gasteiger charge is -2.36. The average Bonchev–Trinajstić information content (AvgIpc) is 3.80. The summed E-state index contributed by atoms with van der Waals surface area (Å²) in [7, 11) is 4.06. The van der Waals surface area contributed by atoms with Crippen molar-refractivity contribution >= 4 is 35.3 Å². The Hall–Kier alpha value is -6.21. The lowest BCUT2D eigenvalue weighted by atomic mass is 9.73. The van der Waals surface area contributed by atoms with Gasteiger partial charge in [-0.1, -0.05) is 49.6 Å². The van der Waals surface area contributed by atoms with E-state index in [-0.39, 0.29) is 48.5 Å². The van der Waals surface area contributed by atoms with Gasteiger partial charge in [-0.2, -0.15) is 22.7 Å². The van der Waals surface area contributed by atoms with Crippen molar-refractivity contribution in [1.82, 2.24) is 35.6 Å². The maximum absolute atomic E-state index is 14.3. The van der Waals surface area contributed by atoms with E-state index in [0.29, 0.717) is 37.5 Å². The first-order valence-electron chi connectivity index (χ1n) is 21.1. The van der Waals surface area contributed by atoms with Gasteiger partial charge in [-0.25, -0.2) is 9.78 Å². The zero-order chi connectivity index (χ0) is 46.4. The number of aryl methyl sites for hydroxylation is 1. The van der Waals surface area contributed by atoms with E-state index in [0.717, 1.165) is 54.4 Å². The number of carboxylic acid groups (broad SMARTS) is 1. The number of carboxylic acids is 1. The predicted molar refractivity (Wildman–Crippen MR) is 229 cm³/mol. The molecule has 64 heavy (non-hydrogen) atoms. The number of nitrogens with two attached hydrogens (primary N) is 1. The van der Waals surface area contributed by atoms with Crippen molar-refractivity contribution in [3.05, 3.63) is 89.2 Å². The third-order valence-corrected chi connectivity index (χ3v) is 12.3. The number of likely N-dealkylation sites (tertiary alicyclic amines) is 1. The van der Waals surface area contributed by atoms with E-state index in [2.05, 4.69) is 30.9 Å². The predicted octanol–water partition coefficient (Wildman–Crippen LogP) is 5.12. The summed E-state index contributed by atoms with van der Waals surface area (Å²) in [6.07, 6.45) is 5.64. The number of amides is 4. The Kier molecular flexibility index (Phi) is 14.5. The second-order valence-electron chi connectivity index (χ2n) is 16.8. The standard InChI is InChI=1S/C45H53F4N9O6/c1-27-23-31(38(60)51-25-36(59)58-21-17-33(18-22-58)57(2)3)13-16-34(27)29-9-7-28(8-10-29)24-35(53-41(62)43(26-50)19-5-4-6-20-43)39(61)52-32-14-11-30(12-15-32)37-54-40(56-55-37)44(46,47)45(48,49)42(63)64/h7-16,23,33,35H,4-6,17-22,24-26,50H2,1-3H3,(H,51,60)(H,52,61)(H,53,62)(H,63,64)(H,54,55,56)/t35-/m0/s1. The molecule has 1 atom stereocenters. The highest BCUT2D eigenvalue weighted by Crippen LogP contribution is 2.42. The fraction of sp³-hybridized carbons (Fsp3) is 0.444. The van der Waals surface area contributed by atoms with Gasteiger partial charge in [0, 0.05) is 48.9 Å². The molecule has 15 nitrogen and oxygen atoms in total. The number of piperidine rings is 1. The molecule has 1 saturated carbocycles. The number of benzene rings is 3. The number of anilines is 1. The van der Waals surface area contributed by atoms with Crippen LogP contribution in [0.2, 0.25) is 0 Å². The molecule has 0 unspecified atom stereocenters. The van der Waals surface area contributed by atoms with Crippen molar-refractivity contribution < 1.29 is 46.6 Å². The minimum atomic E-state index is -5.45. The monoisotopic (exact) mass is 891 g/mol. The molecule has 4 aromatic rings. The van der Waals surface area contributed by atoms with E-state index >= 15 is 0 Å². The molecule has 19 heteroatoms. The molecule has 0 spiro atoms. The Balaban J connectivity index is 1.12. The fourth-order valence-electron chi connectivity index (χ4n) is 8.21. The number of aromatic amines is 1. The van der Waals surface area contributed by atoms with E-state index in [1.807, 2.05) is 51.4 Å². The van der Waals surface area contributed by atoms with Crippen molar-refractivity contribution in [2.45, 2.75) is 82.2 Å². The largest absolute Gasteiger partial charge is 0.477 e. The number of hydrogen-bond donors (Lipinski definition) is 6. The van der Waals surface area contributed by atoms with E-state index < -0.39 is 46.8 Å². The van der Waals surface area contributed by atoms with Gasteiger partial charge >= 0.3 is 17.8 Å². The summed E-state index contributed by atoms with van der Waals surface area (Å²) in [6.45, 7) is 3.21. The SMILES string of the molecule is Cc1cc(C(=O)NCC(=O)N2CCC(N(C)C)CC2)ccc1-c1ccc(C[C@H](NC(=O)C2(CN)CCCCC2)C(=O)Nc2ccc(-c3n[nH]c(C(F)(F)C(F)(F)C(=O)O)n3)cc2)cc1. The lowest BCUT2D eigenvalue weighted by Crippen LogP contribution is -2.53. The Bertz CT molecular complexity index is 2320. The molecule has 2 fully saturated rings. The van der Waals surface area contributed by atoms with Gasteiger partial charge in [-0.05, 0) is 105 Å². The van der Waals surface area contributed by atoms with Gasteiger partial charge in [0.05, 0.1) is 12.0 Å². The van der Waals surface area contributed by atoms with Crippen molar-refractivity contribution in [2.75, 3.05) is 45.6 Å². The molecule has 1 aromatic heterocycles. The van der Waals surface area contributed by atoms with Crippen LogP contribution < -0.4 is 21.7 Å². The quantitative estimate of drug-likeness (QED) is 0.0817. The average molecular weight is 892 g/mol. The summed E-state index contributed by atoms with van der Waals surface area (Å²) in [4.78, 5) is 71.7. The highest BCUT2D eigenvalue weighted by atomic mass is 19.3. The lowest BCUT2D eigenvalue weighted by molar-refractivity contribution is -0.231. The van der Waals surface area contributed by atoms with Crippen LogP contribution in [0, 0.1) is 12.3 Å². The maximum atomic E-state index is 14.3. The molecule has 2 heterocycles. The zero-order valence-corrected chi connectivity index (χ0v) is 35.9. The van der Waals surface area contributed by atoms with Crippen LogP contribution in [0.25, 0.3) is 22.5 Å². The number of carbonyl (C=O) groups excluding carboxylic acids is 4.